The zero-order valence-corrected chi connectivity index (χ0v) is 9.49. The fourth-order valence-electron chi connectivity index (χ4n) is 1.52. The van der Waals surface area contributed by atoms with E-state index in [9.17, 15) is 14.4 Å². The van der Waals surface area contributed by atoms with Gasteiger partial charge < -0.3 is 5.11 Å². The van der Waals surface area contributed by atoms with Crippen molar-refractivity contribution >= 4 is 29.5 Å². The Kier molecular flexibility index (Phi) is 3.14. The molecule has 0 unspecified atom stereocenters. The first-order chi connectivity index (χ1) is 8.08. The summed E-state index contributed by atoms with van der Waals surface area (Å²) >= 11 is 1.10. The molecule has 0 bridgehead atoms. The monoisotopic (exact) mass is 251 g/mol. The van der Waals surface area contributed by atoms with Crippen molar-refractivity contribution in [2.24, 2.45) is 0 Å². The number of amides is 2. The number of carboxylic acid groups (broad SMARTS) is 1. The van der Waals surface area contributed by atoms with E-state index in [-0.39, 0.29) is 23.8 Å². The van der Waals surface area contributed by atoms with Gasteiger partial charge in [0.25, 0.3) is 0 Å². The van der Waals surface area contributed by atoms with Gasteiger partial charge in [0.15, 0.2) is 0 Å². The quantitative estimate of drug-likeness (QED) is 0.779. The van der Waals surface area contributed by atoms with Crippen molar-refractivity contribution in [3.63, 3.8) is 0 Å². The van der Waals surface area contributed by atoms with Crippen LogP contribution in [0.2, 0.25) is 0 Å². The van der Waals surface area contributed by atoms with Crippen molar-refractivity contribution in [3.8, 4) is 0 Å². The molecule has 2 rings (SSSR count). The number of benzene rings is 1. The topological polar surface area (TPSA) is 83.5 Å². The first-order valence-corrected chi connectivity index (χ1v) is 5.78. The van der Waals surface area contributed by atoms with E-state index in [4.69, 9.17) is 5.11 Å². The van der Waals surface area contributed by atoms with Crippen LogP contribution in [0.3, 0.4) is 0 Å². The Balaban J connectivity index is 2.22. The summed E-state index contributed by atoms with van der Waals surface area (Å²) in [6.07, 6.45) is 0.0947. The lowest BCUT2D eigenvalue weighted by molar-refractivity contribution is -0.124. The maximum absolute atomic E-state index is 11.4. The van der Waals surface area contributed by atoms with Crippen LogP contribution in [0.1, 0.15) is 16.8 Å². The molecular formula is C11H9NO4S. The Morgan fingerprint density at radius 1 is 1.35 bits per heavy atom. The molecule has 1 saturated heterocycles. The van der Waals surface area contributed by atoms with Crippen LogP contribution in [0.5, 0.6) is 0 Å². The number of carboxylic acids is 1. The van der Waals surface area contributed by atoms with Crippen molar-refractivity contribution in [1.82, 2.24) is 5.32 Å². The standard InChI is InChI=1S/C11H9NO4S/c13-9-5-8(10(14)12-9)17-7-4-2-1-3-6(7)11(15)16/h1-4,8H,5H2,(H,15,16)(H,12,13,14)/t8-/m0/s1. The van der Waals surface area contributed by atoms with E-state index in [1.54, 1.807) is 18.2 Å². The lowest BCUT2D eigenvalue weighted by Crippen LogP contribution is -2.23. The van der Waals surface area contributed by atoms with Crippen molar-refractivity contribution < 1.29 is 19.5 Å². The van der Waals surface area contributed by atoms with Gasteiger partial charge in [-0.15, -0.1) is 11.8 Å². The molecule has 17 heavy (non-hydrogen) atoms. The molecule has 5 nitrogen and oxygen atoms in total. The van der Waals surface area contributed by atoms with Crippen LogP contribution in [-0.4, -0.2) is 28.1 Å². The van der Waals surface area contributed by atoms with E-state index >= 15 is 0 Å². The van der Waals surface area contributed by atoms with Crippen LogP contribution in [0.15, 0.2) is 29.2 Å². The van der Waals surface area contributed by atoms with Gasteiger partial charge in [0.05, 0.1) is 10.8 Å². The SMILES string of the molecule is O=C1C[C@H](Sc2ccccc2C(=O)O)C(=O)N1. The van der Waals surface area contributed by atoms with Gasteiger partial charge in [0.1, 0.15) is 0 Å². The zero-order valence-electron chi connectivity index (χ0n) is 8.67. The average Bonchev–Trinajstić information content (AvgIpc) is 2.58. The van der Waals surface area contributed by atoms with Gasteiger partial charge in [-0.25, -0.2) is 4.79 Å². The van der Waals surface area contributed by atoms with Gasteiger partial charge in [-0.05, 0) is 12.1 Å². The number of imide groups is 1. The van der Waals surface area contributed by atoms with E-state index in [1.165, 1.54) is 6.07 Å². The Hall–Kier alpha value is -1.82. The molecule has 0 aliphatic carbocycles. The molecule has 0 radical (unpaired) electrons. The minimum absolute atomic E-state index is 0.0947. The lowest BCUT2D eigenvalue weighted by atomic mass is 10.2. The third-order valence-corrected chi connectivity index (χ3v) is 3.59. The largest absolute Gasteiger partial charge is 0.478 e. The summed E-state index contributed by atoms with van der Waals surface area (Å²) in [5.41, 5.74) is 0.143. The minimum Gasteiger partial charge on any atom is -0.478 e. The lowest BCUT2D eigenvalue weighted by Gasteiger charge is -2.08. The molecular weight excluding hydrogens is 242 g/mol. The molecule has 1 fully saturated rings. The summed E-state index contributed by atoms with van der Waals surface area (Å²) in [7, 11) is 0. The number of aromatic carboxylic acids is 1. The van der Waals surface area contributed by atoms with Gasteiger partial charge in [-0.1, -0.05) is 12.1 Å². The molecule has 1 atom stereocenters. The Morgan fingerprint density at radius 3 is 2.65 bits per heavy atom. The number of carbonyl (C=O) groups excluding carboxylic acids is 2. The highest BCUT2D eigenvalue weighted by Crippen LogP contribution is 2.30. The Labute approximate surface area is 101 Å². The summed E-state index contributed by atoms with van der Waals surface area (Å²) in [4.78, 5) is 33.8. The summed E-state index contributed by atoms with van der Waals surface area (Å²) in [6, 6.07) is 6.42. The molecule has 1 heterocycles. The Bertz CT molecular complexity index is 500. The summed E-state index contributed by atoms with van der Waals surface area (Å²) in [5, 5.41) is 10.6. The molecule has 0 aromatic heterocycles. The van der Waals surface area contributed by atoms with Crippen LogP contribution in [-0.2, 0) is 9.59 Å². The molecule has 1 aliphatic rings. The third kappa shape index (κ3) is 2.47. The highest BCUT2D eigenvalue weighted by atomic mass is 32.2. The van der Waals surface area contributed by atoms with E-state index in [0.717, 1.165) is 11.8 Å². The number of carbonyl (C=O) groups is 3. The smallest absolute Gasteiger partial charge is 0.336 e. The second kappa shape index (κ2) is 4.58. The second-order valence-electron chi connectivity index (χ2n) is 3.52. The van der Waals surface area contributed by atoms with E-state index < -0.39 is 11.2 Å². The van der Waals surface area contributed by atoms with Gasteiger partial charge in [-0.2, -0.15) is 0 Å². The fourth-order valence-corrected chi connectivity index (χ4v) is 2.67. The maximum atomic E-state index is 11.4. The van der Waals surface area contributed by atoms with E-state index in [0.29, 0.717) is 4.90 Å². The van der Waals surface area contributed by atoms with Crippen molar-refractivity contribution in [3.05, 3.63) is 29.8 Å². The molecule has 0 spiro atoms. The van der Waals surface area contributed by atoms with Crippen LogP contribution in [0, 0.1) is 0 Å². The van der Waals surface area contributed by atoms with Crippen molar-refractivity contribution in [2.45, 2.75) is 16.6 Å². The highest BCUT2D eigenvalue weighted by molar-refractivity contribution is 8.00. The molecule has 88 valence electrons. The fraction of sp³-hybridized carbons (Fsp3) is 0.182. The molecule has 0 saturated carbocycles. The van der Waals surface area contributed by atoms with Gasteiger partial charge in [0.2, 0.25) is 11.8 Å². The summed E-state index contributed by atoms with van der Waals surface area (Å²) < 4.78 is 0. The number of rotatable bonds is 3. The second-order valence-corrected chi connectivity index (χ2v) is 4.77. The van der Waals surface area contributed by atoms with Gasteiger partial charge in [-0.3, -0.25) is 14.9 Å². The normalized spacial score (nSPS) is 19.2. The first kappa shape index (κ1) is 11.7. The van der Waals surface area contributed by atoms with E-state index in [2.05, 4.69) is 5.32 Å². The summed E-state index contributed by atoms with van der Waals surface area (Å²) in [6.45, 7) is 0. The first-order valence-electron chi connectivity index (χ1n) is 4.90. The predicted octanol–water partition coefficient (Wildman–Crippen LogP) is 0.892. The van der Waals surface area contributed by atoms with E-state index in [1.807, 2.05) is 0 Å². The van der Waals surface area contributed by atoms with Gasteiger partial charge in [0, 0.05) is 11.3 Å². The Morgan fingerprint density at radius 2 is 2.06 bits per heavy atom. The molecule has 2 N–H and O–H groups in total. The molecule has 2 amide bonds. The van der Waals surface area contributed by atoms with Crippen LogP contribution < -0.4 is 5.32 Å². The number of thioether (sulfide) groups is 1. The van der Waals surface area contributed by atoms with Gasteiger partial charge >= 0.3 is 5.97 Å². The van der Waals surface area contributed by atoms with Crippen LogP contribution >= 0.6 is 11.8 Å². The minimum atomic E-state index is -1.04. The predicted molar refractivity (Wildman–Crippen MR) is 60.8 cm³/mol. The molecule has 1 aromatic carbocycles. The number of hydrogen-bond acceptors (Lipinski definition) is 4. The number of nitrogens with one attached hydrogen (secondary N) is 1. The van der Waals surface area contributed by atoms with Crippen molar-refractivity contribution in [2.75, 3.05) is 0 Å². The third-order valence-electron chi connectivity index (χ3n) is 2.31. The number of hydrogen-bond donors (Lipinski definition) is 2. The van der Waals surface area contributed by atoms with Crippen LogP contribution in [0.4, 0.5) is 0 Å². The maximum Gasteiger partial charge on any atom is 0.336 e. The molecule has 6 heteroatoms. The average molecular weight is 251 g/mol. The highest BCUT2D eigenvalue weighted by Gasteiger charge is 2.32. The van der Waals surface area contributed by atoms with Crippen LogP contribution in [0.25, 0.3) is 0 Å². The zero-order chi connectivity index (χ0) is 12.4. The molecule has 1 aliphatic heterocycles. The van der Waals surface area contributed by atoms with Crippen molar-refractivity contribution in [1.29, 1.82) is 0 Å². The molecule has 1 aromatic rings. The summed E-state index contributed by atoms with van der Waals surface area (Å²) in [5.74, 6) is -1.72.